The summed E-state index contributed by atoms with van der Waals surface area (Å²) in [5.74, 6) is -0.277. The van der Waals surface area contributed by atoms with Crippen molar-refractivity contribution in [3.05, 3.63) is 40.6 Å². The normalized spacial score (nSPS) is 15.2. The van der Waals surface area contributed by atoms with Crippen molar-refractivity contribution in [1.82, 2.24) is 8.87 Å². The summed E-state index contributed by atoms with van der Waals surface area (Å²) in [6.07, 6.45) is 1.67. The molecule has 0 spiro atoms. The number of benzene rings is 1. The molecule has 2 N–H and O–H groups in total. The number of morpholine rings is 1. The molecule has 142 valence electrons. The summed E-state index contributed by atoms with van der Waals surface area (Å²) >= 11 is 1.24. The zero-order chi connectivity index (χ0) is 17.9. The Labute approximate surface area is 161 Å². The van der Waals surface area contributed by atoms with Crippen molar-refractivity contribution >= 4 is 33.0 Å². The Hall–Kier alpha value is -1.72. The summed E-state index contributed by atoms with van der Waals surface area (Å²) in [5.41, 5.74) is 0.508. The van der Waals surface area contributed by atoms with Crippen LogP contribution in [-0.2, 0) is 26.1 Å². The molecule has 1 aromatic carbocycles. The van der Waals surface area contributed by atoms with Gasteiger partial charge in [-0.2, -0.15) is 4.31 Å². The fourth-order valence-electron chi connectivity index (χ4n) is 2.43. The second kappa shape index (κ2) is 8.78. The Morgan fingerprint density at radius 1 is 1.23 bits per heavy atom. The highest BCUT2D eigenvalue weighted by molar-refractivity contribution is 7.89. The van der Waals surface area contributed by atoms with Gasteiger partial charge in [-0.1, -0.05) is 0 Å². The van der Waals surface area contributed by atoms with E-state index in [2.05, 4.69) is 5.32 Å². The molecule has 2 heterocycles. The first kappa shape index (κ1) is 20.6. The number of hydrogen-bond acceptors (Lipinski definition) is 6. The summed E-state index contributed by atoms with van der Waals surface area (Å²) in [4.78, 5) is 12.5. The predicted molar refractivity (Wildman–Crippen MR) is 92.8 cm³/mol. The maximum atomic E-state index is 12.5. The predicted octanol–water partition coefficient (Wildman–Crippen LogP) is -2.31. The van der Waals surface area contributed by atoms with Crippen molar-refractivity contribution in [1.29, 1.82) is 5.41 Å². The minimum atomic E-state index is -3.54. The summed E-state index contributed by atoms with van der Waals surface area (Å²) in [6, 6.07) is 6.08. The average molecular weight is 418 g/mol. The number of sulfonamides is 1. The van der Waals surface area contributed by atoms with E-state index in [1.54, 1.807) is 23.7 Å². The second-order valence-electron chi connectivity index (χ2n) is 5.43. The zero-order valence-electron chi connectivity index (χ0n) is 13.7. The van der Waals surface area contributed by atoms with Gasteiger partial charge in [0.1, 0.15) is 6.54 Å². The maximum absolute atomic E-state index is 12.5. The van der Waals surface area contributed by atoms with E-state index in [4.69, 9.17) is 10.1 Å². The van der Waals surface area contributed by atoms with Crippen LogP contribution in [0.3, 0.4) is 0 Å². The van der Waals surface area contributed by atoms with Crippen LogP contribution in [0, 0.1) is 5.41 Å². The standard InChI is InChI=1S/C15H18N4O4S2.ClH/c16-15-18(7-10-24-15)11-14(20)17-12-1-3-13(4-2-12)25(21,22)19-5-8-23-9-6-19;/h1-4,7,10,16H,5-6,8-9,11H2,(H,17,20);1H/p-1. The van der Waals surface area contributed by atoms with Crippen LogP contribution in [0.2, 0.25) is 0 Å². The number of carbonyl (C=O) groups is 1. The number of thiazole rings is 1. The molecule has 1 saturated heterocycles. The molecule has 1 fully saturated rings. The Morgan fingerprint density at radius 3 is 2.46 bits per heavy atom. The number of carbonyl (C=O) groups excluding carboxylic acids is 1. The van der Waals surface area contributed by atoms with Gasteiger partial charge in [0.15, 0.2) is 4.80 Å². The molecule has 0 aliphatic carbocycles. The van der Waals surface area contributed by atoms with Gasteiger partial charge in [-0.25, -0.2) is 8.42 Å². The number of halogens is 1. The Kier molecular flexibility index (Phi) is 6.95. The molecule has 1 aliphatic heterocycles. The number of nitrogens with one attached hydrogen (secondary N) is 2. The van der Waals surface area contributed by atoms with Crippen LogP contribution >= 0.6 is 11.3 Å². The van der Waals surface area contributed by atoms with E-state index >= 15 is 0 Å². The molecule has 11 heteroatoms. The lowest BCUT2D eigenvalue weighted by molar-refractivity contribution is -0.116. The molecule has 0 saturated carbocycles. The Morgan fingerprint density at radius 2 is 1.88 bits per heavy atom. The number of aromatic nitrogens is 1. The Bertz CT molecular complexity index is 902. The highest BCUT2D eigenvalue weighted by atomic mass is 35.5. The lowest BCUT2D eigenvalue weighted by Crippen LogP contribution is -3.00. The summed E-state index contributed by atoms with van der Waals surface area (Å²) < 4.78 is 33.2. The van der Waals surface area contributed by atoms with Crippen molar-refractivity contribution in [2.24, 2.45) is 0 Å². The summed E-state index contributed by atoms with van der Waals surface area (Å²) in [6.45, 7) is 1.51. The topological polar surface area (TPSA) is 104 Å². The van der Waals surface area contributed by atoms with Gasteiger partial charge >= 0.3 is 0 Å². The van der Waals surface area contributed by atoms with Gasteiger partial charge in [0.05, 0.1) is 18.1 Å². The fourth-order valence-corrected chi connectivity index (χ4v) is 4.44. The van der Waals surface area contributed by atoms with Gasteiger partial charge in [-0.3, -0.25) is 10.2 Å². The molecular weight excluding hydrogens is 400 g/mol. The molecule has 0 bridgehead atoms. The number of anilines is 1. The number of hydrogen-bond donors (Lipinski definition) is 2. The number of nitrogens with zero attached hydrogens (tertiary/aromatic N) is 2. The number of amides is 1. The first-order valence-corrected chi connectivity index (χ1v) is 9.95. The van der Waals surface area contributed by atoms with E-state index in [-0.39, 0.29) is 29.8 Å². The van der Waals surface area contributed by atoms with Crippen LogP contribution in [0.5, 0.6) is 0 Å². The molecule has 0 radical (unpaired) electrons. The van der Waals surface area contributed by atoms with Crippen LogP contribution in [0.4, 0.5) is 5.69 Å². The third-order valence-electron chi connectivity index (χ3n) is 3.74. The molecular formula is C15H18ClN4O4S2-. The van der Waals surface area contributed by atoms with Gasteiger partial charge in [0.25, 0.3) is 0 Å². The quantitative estimate of drug-likeness (QED) is 0.570. The fraction of sp³-hybridized carbons (Fsp3) is 0.333. The lowest BCUT2D eigenvalue weighted by Gasteiger charge is -2.26. The zero-order valence-corrected chi connectivity index (χ0v) is 16.1. The molecule has 8 nitrogen and oxygen atoms in total. The van der Waals surface area contributed by atoms with Crippen LogP contribution < -0.4 is 22.5 Å². The van der Waals surface area contributed by atoms with E-state index < -0.39 is 10.0 Å². The molecule has 0 unspecified atom stereocenters. The third-order valence-corrected chi connectivity index (χ3v) is 6.37. The number of rotatable bonds is 5. The molecule has 26 heavy (non-hydrogen) atoms. The first-order chi connectivity index (χ1) is 12.0. The van der Waals surface area contributed by atoms with Crippen molar-refractivity contribution in [3.8, 4) is 0 Å². The van der Waals surface area contributed by atoms with Gasteiger partial charge in [-0.05, 0) is 24.3 Å². The van der Waals surface area contributed by atoms with Crippen LogP contribution in [0.25, 0.3) is 0 Å². The Balaban J connectivity index is 0.00000243. The van der Waals surface area contributed by atoms with Gasteiger partial charge in [0, 0.05) is 30.4 Å². The van der Waals surface area contributed by atoms with E-state index in [0.29, 0.717) is 36.8 Å². The smallest absolute Gasteiger partial charge is 0.244 e. The van der Waals surface area contributed by atoms with E-state index in [9.17, 15) is 13.2 Å². The molecule has 3 rings (SSSR count). The number of ether oxygens (including phenoxy) is 1. The third kappa shape index (κ3) is 4.71. The van der Waals surface area contributed by atoms with E-state index in [0.717, 1.165) is 0 Å². The van der Waals surface area contributed by atoms with Gasteiger partial charge in [-0.15, -0.1) is 11.3 Å². The molecule has 1 aliphatic rings. The SMILES string of the molecule is N=c1sccn1CC(=O)Nc1ccc(S(=O)(=O)N2CCOCC2)cc1.[Cl-]. The monoisotopic (exact) mass is 417 g/mol. The highest BCUT2D eigenvalue weighted by Gasteiger charge is 2.26. The van der Waals surface area contributed by atoms with Crippen molar-refractivity contribution < 1.29 is 30.4 Å². The average Bonchev–Trinajstić information content (AvgIpc) is 3.01. The van der Waals surface area contributed by atoms with Gasteiger partial charge < -0.3 is 27.0 Å². The summed E-state index contributed by atoms with van der Waals surface area (Å²) in [7, 11) is -3.54. The molecule has 0 atom stereocenters. The van der Waals surface area contributed by atoms with Crippen LogP contribution in [-0.4, -0.2) is 49.5 Å². The largest absolute Gasteiger partial charge is 1.00 e. The van der Waals surface area contributed by atoms with Crippen LogP contribution in [0.15, 0.2) is 40.7 Å². The minimum Gasteiger partial charge on any atom is -1.00 e. The van der Waals surface area contributed by atoms with E-state index in [1.165, 1.54) is 32.3 Å². The minimum absolute atomic E-state index is 0. The maximum Gasteiger partial charge on any atom is 0.244 e. The lowest BCUT2D eigenvalue weighted by atomic mass is 10.3. The van der Waals surface area contributed by atoms with E-state index in [1.807, 2.05) is 0 Å². The van der Waals surface area contributed by atoms with Crippen LogP contribution in [0.1, 0.15) is 0 Å². The van der Waals surface area contributed by atoms with Crippen molar-refractivity contribution in [2.75, 3.05) is 31.6 Å². The second-order valence-corrected chi connectivity index (χ2v) is 8.26. The first-order valence-electron chi connectivity index (χ1n) is 7.63. The highest BCUT2D eigenvalue weighted by Crippen LogP contribution is 2.19. The van der Waals surface area contributed by atoms with Gasteiger partial charge in [0.2, 0.25) is 15.9 Å². The van der Waals surface area contributed by atoms with Crippen molar-refractivity contribution in [3.63, 3.8) is 0 Å². The molecule has 2 aromatic rings. The summed E-state index contributed by atoms with van der Waals surface area (Å²) in [5, 5.41) is 12.1. The van der Waals surface area contributed by atoms with Crippen molar-refractivity contribution in [2.45, 2.75) is 11.4 Å². The molecule has 1 aromatic heterocycles. The molecule has 1 amide bonds.